The number of fused-ring (bicyclic) bond motifs is 1. The zero-order chi connectivity index (χ0) is 17.8. The van der Waals surface area contributed by atoms with Crippen molar-refractivity contribution in [1.82, 2.24) is 20.0 Å². The fourth-order valence-corrected chi connectivity index (χ4v) is 2.98. The monoisotopic (exact) mass is 340 g/mol. The van der Waals surface area contributed by atoms with Crippen molar-refractivity contribution in [3.8, 4) is 11.6 Å². The van der Waals surface area contributed by atoms with Gasteiger partial charge >= 0.3 is 0 Å². The van der Waals surface area contributed by atoms with Crippen molar-refractivity contribution in [3.63, 3.8) is 0 Å². The molecule has 0 atom stereocenters. The second kappa shape index (κ2) is 7.51. The minimum Gasteiger partial charge on any atom is -0.351 e. The summed E-state index contributed by atoms with van der Waals surface area (Å²) < 4.78 is 5.37. The summed E-state index contributed by atoms with van der Waals surface area (Å²) in [6.45, 7) is 4.68. The summed E-state index contributed by atoms with van der Waals surface area (Å²) in [5.74, 6) is 1.36. The highest BCUT2D eigenvalue weighted by Gasteiger charge is 2.19. The van der Waals surface area contributed by atoms with Crippen LogP contribution < -0.4 is 0 Å². The zero-order valence-electron chi connectivity index (χ0n) is 15.0. The first-order valence-corrected chi connectivity index (χ1v) is 8.78. The lowest BCUT2D eigenvalue weighted by atomic mass is 10.0. The highest BCUT2D eigenvalue weighted by molar-refractivity contribution is 5.84. The maximum absolute atomic E-state index is 12.3. The van der Waals surface area contributed by atoms with Gasteiger partial charge in [-0.1, -0.05) is 37.2 Å². The van der Waals surface area contributed by atoms with E-state index >= 15 is 0 Å². The summed E-state index contributed by atoms with van der Waals surface area (Å²) in [6.07, 6.45) is 2.31. The van der Waals surface area contributed by atoms with Gasteiger partial charge in [-0.15, -0.1) is 0 Å². The van der Waals surface area contributed by atoms with Crippen LogP contribution in [-0.2, 0) is 11.2 Å². The van der Waals surface area contributed by atoms with Crippen LogP contribution in [0.15, 0.2) is 34.9 Å². The van der Waals surface area contributed by atoms with Crippen LogP contribution in [0.2, 0.25) is 0 Å². The molecule has 25 heavy (non-hydrogen) atoms. The molecule has 0 bridgehead atoms. The normalized spacial score (nSPS) is 11.4. The Morgan fingerprint density at radius 2 is 2.04 bits per heavy atom. The summed E-state index contributed by atoms with van der Waals surface area (Å²) in [5.41, 5.74) is 1.84. The third-order valence-corrected chi connectivity index (χ3v) is 4.61. The third-order valence-electron chi connectivity index (χ3n) is 4.61. The number of aromatic nitrogens is 3. The molecule has 3 aromatic rings. The number of rotatable bonds is 7. The van der Waals surface area contributed by atoms with Crippen LogP contribution >= 0.6 is 0 Å². The highest BCUT2D eigenvalue weighted by atomic mass is 16.5. The average molecular weight is 340 g/mol. The van der Waals surface area contributed by atoms with Crippen LogP contribution in [-0.4, -0.2) is 39.5 Å². The first-order valence-electron chi connectivity index (χ1n) is 8.78. The zero-order valence-corrected chi connectivity index (χ0v) is 15.0. The van der Waals surface area contributed by atoms with Gasteiger partial charge in [0, 0.05) is 36.8 Å². The summed E-state index contributed by atoms with van der Waals surface area (Å²) >= 11 is 0. The Bertz CT molecular complexity index is 815. The number of carbonyl (C=O) groups excluding carboxylic acids is 1. The first-order chi connectivity index (χ1) is 12.1. The van der Waals surface area contributed by atoms with E-state index in [4.69, 9.17) is 4.52 Å². The lowest BCUT2D eigenvalue weighted by Gasteiger charge is -2.21. The Balaban J connectivity index is 1.64. The van der Waals surface area contributed by atoms with Crippen LogP contribution in [0.4, 0.5) is 0 Å². The molecule has 132 valence electrons. The molecule has 0 unspecified atom stereocenters. The van der Waals surface area contributed by atoms with E-state index in [1.54, 1.807) is 4.90 Å². The van der Waals surface area contributed by atoms with E-state index in [2.05, 4.69) is 15.1 Å². The molecular formula is C19H24N4O2. The Labute approximate surface area is 147 Å². The number of para-hydroxylation sites is 1. The lowest BCUT2D eigenvalue weighted by Crippen LogP contribution is -2.34. The van der Waals surface area contributed by atoms with Gasteiger partial charge in [0.25, 0.3) is 5.89 Å². The van der Waals surface area contributed by atoms with Gasteiger partial charge in [0.15, 0.2) is 5.82 Å². The van der Waals surface area contributed by atoms with E-state index in [0.717, 1.165) is 29.4 Å². The Morgan fingerprint density at radius 1 is 1.28 bits per heavy atom. The molecular weight excluding hydrogens is 316 g/mol. The van der Waals surface area contributed by atoms with E-state index in [1.165, 1.54) is 0 Å². The number of amides is 1. The van der Waals surface area contributed by atoms with Crippen molar-refractivity contribution < 1.29 is 9.32 Å². The van der Waals surface area contributed by atoms with Crippen molar-refractivity contribution in [2.45, 2.75) is 33.1 Å². The van der Waals surface area contributed by atoms with Crippen LogP contribution in [0.25, 0.3) is 22.5 Å². The first kappa shape index (κ1) is 17.2. The molecule has 2 aromatic heterocycles. The van der Waals surface area contributed by atoms with Crippen molar-refractivity contribution in [1.29, 1.82) is 0 Å². The molecule has 3 rings (SSSR count). The van der Waals surface area contributed by atoms with Crippen LogP contribution in [0.5, 0.6) is 0 Å². The Morgan fingerprint density at radius 3 is 2.76 bits per heavy atom. The van der Waals surface area contributed by atoms with Gasteiger partial charge in [-0.2, -0.15) is 4.98 Å². The minimum atomic E-state index is 0.0946. The Kier molecular flexibility index (Phi) is 5.16. The largest absolute Gasteiger partial charge is 0.351 e. The fourth-order valence-electron chi connectivity index (χ4n) is 2.98. The van der Waals surface area contributed by atoms with Crippen molar-refractivity contribution in [3.05, 3.63) is 36.2 Å². The van der Waals surface area contributed by atoms with Gasteiger partial charge in [0.05, 0.1) is 0 Å². The number of aromatic amines is 1. The quantitative estimate of drug-likeness (QED) is 0.712. The van der Waals surface area contributed by atoms with E-state index < -0.39 is 0 Å². The standard InChI is InChI=1S/C19H24N4O2/c1-4-13(5-2)19(24)23(3)11-10-17-21-18(25-22-17)16-12-14-8-6-7-9-15(14)20-16/h6-9,12-13,20H,4-5,10-11H2,1-3H3. The molecule has 6 nitrogen and oxygen atoms in total. The predicted molar refractivity (Wildman–Crippen MR) is 97.0 cm³/mol. The van der Waals surface area contributed by atoms with E-state index in [-0.39, 0.29) is 11.8 Å². The molecule has 0 saturated carbocycles. The number of hydrogen-bond donors (Lipinski definition) is 1. The second-order valence-corrected chi connectivity index (χ2v) is 6.31. The smallest absolute Gasteiger partial charge is 0.274 e. The molecule has 0 fully saturated rings. The van der Waals surface area contributed by atoms with Gasteiger partial charge in [-0.3, -0.25) is 4.79 Å². The van der Waals surface area contributed by atoms with E-state index in [0.29, 0.717) is 24.7 Å². The van der Waals surface area contributed by atoms with Crippen LogP contribution in [0.1, 0.15) is 32.5 Å². The molecule has 0 aliphatic heterocycles. The summed E-state index contributed by atoms with van der Waals surface area (Å²) in [6, 6.07) is 10.0. The van der Waals surface area contributed by atoms with E-state index in [1.807, 2.05) is 51.2 Å². The van der Waals surface area contributed by atoms with Crippen LogP contribution in [0.3, 0.4) is 0 Å². The van der Waals surface area contributed by atoms with Gasteiger partial charge in [-0.25, -0.2) is 0 Å². The number of likely N-dealkylation sites (N-methyl/N-ethyl adjacent to an activating group) is 1. The highest BCUT2D eigenvalue weighted by Crippen LogP contribution is 2.22. The van der Waals surface area contributed by atoms with E-state index in [9.17, 15) is 4.79 Å². The number of hydrogen-bond acceptors (Lipinski definition) is 4. The van der Waals surface area contributed by atoms with Crippen molar-refractivity contribution in [2.75, 3.05) is 13.6 Å². The van der Waals surface area contributed by atoms with Gasteiger partial charge in [0.1, 0.15) is 5.69 Å². The van der Waals surface area contributed by atoms with Crippen LogP contribution in [0, 0.1) is 5.92 Å². The fraction of sp³-hybridized carbons (Fsp3) is 0.421. The maximum atomic E-state index is 12.3. The maximum Gasteiger partial charge on any atom is 0.274 e. The number of nitrogens with one attached hydrogen (secondary N) is 1. The molecule has 1 aromatic carbocycles. The number of benzene rings is 1. The Hall–Kier alpha value is -2.63. The SMILES string of the molecule is CCC(CC)C(=O)N(C)CCc1noc(-c2cc3ccccc3[nH]2)n1. The van der Waals surface area contributed by atoms with Gasteiger partial charge in [-0.05, 0) is 25.0 Å². The second-order valence-electron chi connectivity index (χ2n) is 6.31. The van der Waals surface area contributed by atoms with Gasteiger partial charge in [0.2, 0.25) is 5.91 Å². The summed E-state index contributed by atoms with van der Waals surface area (Å²) in [5, 5.41) is 5.14. The number of carbonyl (C=O) groups is 1. The third kappa shape index (κ3) is 3.73. The minimum absolute atomic E-state index is 0.0946. The van der Waals surface area contributed by atoms with Crippen molar-refractivity contribution >= 4 is 16.8 Å². The number of H-pyrrole nitrogens is 1. The number of nitrogens with zero attached hydrogens (tertiary/aromatic N) is 3. The lowest BCUT2D eigenvalue weighted by molar-refractivity contribution is -0.134. The molecule has 0 radical (unpaired) electrons. The molecule has 0 saturated heterocycles. The van der Waals surface area contributed by atoms with Gasteiger partial charge < -0.3 is 14.4 Å². The van der Waals surface area contributed by atoms with Crippen molar-refractivity contribution in [2.24, 2.45) is 5.92 Å². The molecule has 2 heterocycles. The summed E-state index contributed by atoms with van der Waals surface area (Å²) in [4.78, 5) is 21.8. The molecule has 1 N–H and O–H groups in total. The molecule has 1 amide bonds. The topological polar surface area (TPSA) is 75.0 Å². The molecule has 0 aliphatic rings. The summed E-state index contributed by atoms with van der Waals surface area (Å²) in [7, 11) is 1.83. The molecule has 6 heteroatoms. The molecule has 0 aliphatic carbocycles. The average Bonchev–Trinajstić information content (AvgIpc) is 3.27. The molecule has 0 spiro atoms. The predicted octanol–water partition coefficient (Wildman–Crippen LogP) is 3.66.